The summed E-state index contributed by atoms with van der Waals surface area (Å²) in [6.45, 7) is 5.93. The van der Waals surface area contributed by atoms with Crippen molar-refractivity contribution in [2.24, 2.45) is 10.9 Å². The molecule has 1 aliphatic carbocycles. The highest BCUT2D eigenvalue weighted by molar-refractivity contribution is 5.80. The Morgan fingerprint density at radius 2 is 2.04 bits per heavy atom. The number of amides is 1. The van der Waals surface area contributed by atoms with Crippen LogP contribution < -0.4 is 16.0 Å². The molecule has 28 heavy (non-hydrogen) atoms. The monoisotopic (exact) mass is 392 g/mol. The molecule has 0 spiro atoms. The van der Waals surface area contributed by atoms with Crippen molar-refractivity contribution in [2.75, 3.05) is 32.8 Å². The van der Waals surface area contributed by atoms with Gasteiger partial charge in [-0.05, 0) is 44.2 Å². The molecule has 7 heteroatoms. The van der Waals surface area contributed by atoms with Crippen LogP contribution in [-0.2, 0) is 16.1 Å². The minimum atomic E-state index is 0.171. The Bertz CT molecular complexity index is 554. The lowest BCUT2D eigenvalue weighted by molar-refractivity contribution is -0.122. The van der Waals surface area contributed by atoms with Gasteiger partial charge in [0.2, 0.25) is 5.91 Å². The fourth-order valence-electron chi connectivity index (χ4n) is 3.38. The third-order valence-corrected chi connectivity index (χ3v) is 4.82. The summed E-state index contributed by atoms with van der Waals surface area (Å²) < 4.78 is 10.8. The highest BCUT2D eigenvalue weighted by Crippen LogP contribution is 2.25. The van der Waals surface area contributed by atoms with E-state index in [0.29, 0.717) is 45.2 Å². The zero-order valence-electron chi connectivity index (χ0n) is 17.2. The molecule has 0 radical (unpaired) electrons. The molecule has 7 nitrogen and oxygen atoms in total. The third-order valence-electron chi connectivity index (χ3n) is 4.82. The Kier molecular flexibility index (Phi) is 11.2. The van der Waals surface area contributed by atoms with Crippen molar-refractivity contribution in [1.29, 1.82) is 0 Å². The summed E-state index contributed by atoms with van der Waals surface area (Å²) in [7, 11) is 0. The molecule has 0 aromatic carbocycles. The molecule has 1 heterocycles. The number of carbonyl (C=O) groups excluding carboxylic acids is 1. The van der Waals surface area contributed by atoms with E-state index in [9.17, 15) is 4.79 Å². The number of carbonyl (C=O) groups is 1. The Morgan fingerprint density at radius 3 is 2.79 bits per heavy atom. The largest absolute Gasteiger partial charge is 0.467 e. The second-order valence-corrected chi connectivity index (χ2v) is 7.23. The summed E-state index contributed by atoms with van der Waals surface area (Å²) in [4.78, 5) is 16.6. The average Bonchev–Trinajstić information content (AvgIpc) is 3.22. The minimum absolute atomic E-state index is 0.171. The molecule has 1 aromatic heterocycles. The van der Waals surface area contributed by atoms with Gasteiger partial charge in [-0.1, -0.05) is 19.3 Å². The molecule has 0 aliphatic heterocycles. The molecule has 1 fully saturated rings. The van der Waals surface area contributed by atoms with Crippen LogP contribution in [-0.4, -0.2) is 44.7 Å². The standard InChI is InChI=1S/C21H36N4O3/c1-2-22-21(24-11-7-14-27-17-19-10-6-15-28-19)25-13-12-23-20(26)16-18-8-4-3-5-9-18/h6,10,15,18H,2-5,7-9,11-14,16-17H2,1H3,(H,23,26)(H2,22,24,25). The average molecular weight is 393 g/mol. The van der Waals surface area contributed by atoms with Gasteiger partial charge in [-0.3, -0.25) is 9.79 Å². The molecular weight excluding hydrogens is 356 g/mol. The summed E-state index contributed by atoms with van der Waals surface area (Å²) in [5, 5.41) is 9.49. The molecular formula is C21H36N4O3. The Balaban J connectivity index is 1.52. The van der Waals surface area contributed by atoms with E-state index in [0.717, 1.165) is 24.7 Å². The quantitative estimate of drug-likeness (QED) is 0.289. The summed E-state index contributed by atoms with van der Waals surface area (Å²) in [6, 6.07) is 3.76. The van der Waals surface area contributed by atoms with Gasteiger partial charge < -0.3 is 25.1 Å². The van der Waals surface area contributed by atoms with Crippen LogP contribution in [0.25, 0.3) is 0 Å². The maximum Gasteiger partial charge on any atom is 0.220 e. The molecule has 158 valence electrons. The fraction of sp³-hybridized carbons (Fsp3) is 0.714. The molecule has 2 rings (SSSR count). The van der Waals surface area contributed by atoms with Gasteiger partial charge in [0.25, 0.3) is 0 Å². The lowest BCUT2D eigenvalue weighted by atomic mass is 9.87. The lowest BCUT2D eigenvalue weighted by Gasteiger charge is -2.20. The first-order valence-corrected chi connectivity index (χ1v) is 10.7. The fourth-order valence-corrected chi connectivity index (χ4v) is 3.38. The summed E-state index contributed by atoms with van der Waals surface area (Å²) >= 11 is 0. The van der Waals surface area contributed by atoms with Crippen molar-refractivity contribution < 1.29 is 13.9 Å². The number of hydrogen-bond acceptors (Lipinski definition) is 4. The second-order valence-electron chi connectivity index (χ2n) is 7.23. The number of rotatable bonds is 12. The Hall–Kier alpha value is -2.02. The molecule has 1 amide bonds. The van der Waals surface area contributed by atoms with Gasteiger partial charge in [0.1, 0.15) is 12.4 Å². The molecule has 3 N–H and O–H groups in total. The zero-order chi connectivity index (χ0) is 19.9. The molecule has 1 saturated carbocycles. The van der Waals surface area contributed by atoms with Crippen LogP contribution in [0.15, 0.2) is 27.8 Å². The molecule has 0 saturated heterocycles. The topological polar surface area (TPSA) is 87.9 Å². The van der Waals surface area contributed by atoms with E-state index in [4.69, 9.17) is 9.15 Å². The number of nitrogens with one attached hydrogen (secondary N) is 3. The van der Waals surface area contributed by atoms with Crippen LogP contribution in [0.1, 0.15) is 57.6 Å². The molecule has 1 aliphatic rings. The van der Waals surface area contributed by atoms with Gasteiger partial charge in [-0.15, -0.1) is 0 Å². The van der Waals surface area contributed by atoms with Crippen LogP contribution in [0.2, 0.25) is 0 Å². The Labute approximate surface area is 168 Å². The number of ether oxygens (including phenoxy) is 1. The first-order chi connectivity index (χ1) is 13.8. The molecule has 1 aromatic rings. The van der Waals surface area contributed by atoms with Gasteiger partial charge in [-0.2, -0.15) is 0 Å². The number of hydrogen-bond donors (Lipinski definition) is 3. The van der Waals surface area contributed by atoms with Crippen LogP contribution in [0.3, 0.4) is 0 Å². The molecule has 0 atom stereocenters. The van der Waals surface area contributed by atoms with Crippen molar-refractivity contribution in [3.8, 4) is 0 Å². The highest BCUT2D eigenvalue weighted by atomic mass is 16.5. The van der Waals surface area contributed by atoms with Gasteiger partial charge in [-0.25, -0.2) is 0 Å². The summed E-state index contributed by atoms with van der Waals surface area (Å²) in [6.07, 6.45) is 9.44. The Morgan fingerprint density at radius 1 is 1.21 bits per heavy atom. The molecule has 0 unspecified atom stereocenters. The summed E-state index contributed by atoms with van der Waals surface area (Å²) in [5.41, 5.74) is 0. The van der Waals surface area contributed by atoms with E-state index in [2.05, 4.69) is 20.9 Å². The molecule has 0 bridgehead atoms. The summed E-state index contributed by atoms with van der Waals surface area (Å²) in [5.74, 6) is 2.36. The van der Waals surface area contributed by atoms with Crippen molar-refractivity contribution in [2.45, 2.75) is 58.5 Å². The first-order valence-electron chi connectivity index (χ1n) is 10.7. The van der Waals surface area contributed by atoms with E-state index in [1.165, 1.54) is 32.1 Å². The minimum Gasteiger partial charge on any atom is -0.467 e. The van der Waals surface area contributed by atoms with Crippen molar-refractivity contribution in [1.82, 2.24) is 16.0 Å². The van der Waals surface area contributed by atoms with E-state index < -0.39 is 0 Å². The SMILES string of the molecule is CCNC(=NCCCOCc1ccco1)NCCNC(=O)CC1CCCCC1. The van der Waals surface area contributed by atoms with Gasteiger partial charge in [0.15, 0.2) is 5.96 Å². The van der Waals surface area contributed by atoms with E-state index in [1.807, 2.05) is 19.1 Å². The van der Waals surface area contributed by atoms with Crippen molar-refractivity contribution in [3.63, 3.8) is 0 Å². The normalized spacial score (nSPS) is 15.4. The van der Waals surface area contributed by atoms with Crippen LogP contribution in [0, 0.1) is 5.92 Å². The van der Waals surface area contributed by atoms with E-state index in [-0.39, 0.29) is 5.91 Å². The van der Waals surface area contributed by atoms with Gasteiger partial charge in [0.05, 0.1) is 6.26 Å². The van der Waals surface area contributed by atoms with Crippen LogP contribution in [0.5, 0.6) is 0 Å². The third kappa shape index (κ3) is 9.78. The predicted molar refractivity (Wildman–Crippen MR) is 111 cm³/mol. The first kappa shape index (κ1) is 22.3. The van der Waals surface area contributed by atoms with E-state index in [1.54, 1.807) is 6.26 Å². The van der Waals surface area contributed by atoms with Crippen molar-refractivity contribution >= 4 is 11.9 Å². The number of aliphatic imine (C=N–C) groups is 1. The number of nitrogens with zero attached hydrogens (tertiary/aromatic N) is 1. The number of furan rings is 1. The van der Waals surface area contributed by atoms with Gasteiger partial charge >= 0.3 is 0 Å². The maximum absolute atomic E-state index is 12.0. The predicted octanol–water partition coefficient (Wildman–Crippen LogP) is 2.83. The smallest absolute Gasteiger partial charge is 0.220 e. The zero-order valence-corrected chi connectivity index (χ0v) is 17.2. The van der Waals surface area contributed by atoms with Crippen molar-refractivity contribution in [3.05, 3.63) is 24.2 Å². The lowest BCUT2D eigenvalue weighted by Crippen LogP contribution is -2.41. The van der Waals surface area contributed by atoms with Gasteiger partial charge in [0, 0.05) is 39.2 Å². The highest BCUT2D eigenvalue weighted by Gasteiger charge is 2.16. The van der Waals surface area contributed by atoms with E-state index >= 15 is 0 Å². The maximum atomic E-state index is 12.0. The van der Waals surface area contributed by atoms with Crippen LogP contribution >= 0.6 is 0 Å². The number of guanidine groups is 1. The van der Waals surface area contributed by atoms with Crippen LogP contribution in [0.4, 0.5) is 0 Å². The second kappa shape index (κ2) is 14.0.